The van der Waals surface area contributed by atoms with E-state index >= 15 is 0 Å². The van der Waals surface area contributed by atoms with Gasteiger partial charge in [-0.2, -0.15) is 5.26 Å². The summed E-state index contributed by atoms with van der Waals surface area (Å²) in [6.45, 7) is 4.13. The number of carbonyl (C=O) groups is 1. The molecule has 2 atom stereocenters. The van der Waals surface area contributed by atoms with Gasteiger partial charge in [0.2, 0.25) is 5.91 Å². The van der Waals surface area contributed by atoms with Crippen molar-refractivity contribution < 1.29 is 4.79 Å². The number of aryl methyl sites for hydroxylation is 2. The molecule has 0 aliphatic carbocycles. The van der Waals surface area contributed by atoms with Crippen LogP contribution in [-0.2, 0) is 16.8 Å². The molecular weight excluding hydrogens is 428 g/mol. The molecule has 33 heavy (non-hydrogen) atoms. The summed E-state index contributed by atoms with van der Waals surface area (Å²) in [7, 11) is 1.66. The van der Waals surface area contributed by atoms with E-state index in [2.05, 4.69) is 54.0 Å². The molecule has 2 heterocycles. The molecule has 0 bridgehead atoms. The first-order valence-corrected chi connectivity index (χ1v) is 12.0. The van der Waals surface area contributed by atoms with Crippen LogP contribution in [0.4, 0.5) is 0 Å². The van der Waals surface area contributed by atoms with Crippen LogP contribution < -0.4 is 5.32 Å². The molecule has 4 rings (SSSR count). The lowest BCUT2D eigenvalue weighted by atomic mass is 9.78. The van der Waals surface area contributed by atoms with E-state index in [4.69, 9.17) is 5.41 Å². The molecule has 0 spiro atoms. The van der Waals surface area contributed by atoms with E-state index in [1.165, 1.54) is 16.0 Å². The molecule has 1 aliphatic heterocycles. The Labute approximate surface area is 199 Å². The molecule has 5 nitrogen and oxygen atoms in total. The fraction of sp³-hybridized carbons (Fsp3) is 0.296. The van der Waals surface area contributed by atoms with Gasteiger partial charge in [-0.1, -0.05) is 42.0 Å². The topological polar surface area (TPSA) is 80.0 Å². The van der Waals surface area contributed by atoms with Gasteiger partial charge in [0.15, 0.2) is 5.96 Å². The molecule has 6 heteroatoms. The first kappa shape index (κ1) is 22.8. The highest BCUT2D eigenvalue weighted by Gasteiger charge is 2.47. The maximum atomic E-state index is 13.3. The Morgan fingerprint density at radius 1 is 1.18 bits per heavy atom. The van der Waals surface area contributed by atoms with Gasteiger partial charge < -0.3 is 5.32 Å². The van der Waals surface area contributed by atoms with Gasteiger partial charge in [0.1, 0.15) is 0 Å². The minimum atomic E-state index is -0.664. The van der Waals surface area contributed by atoms with Crippen LogP contribution in [0.1, 0.15) is 41.3 Å². The Hall–Kier alpha value is -3.43. The van der Waals surface area contributed by atoms with Crippen LogP contribution in [0, 0.1) is 29.6 Å². The molecule has 0 radical (unpaired) electrons. The lowest BCUT2D eigenvalue weighted by molar-refractivity contribution is -0.135. The number of hydrogen-bond acceptors (Lipinski definition) is 4. The highest BCUT2D eigenvalue weighted by Crippen LogP contribution is 2.41. The fourth-order valence-electron chi connectivity index (χ4n) is 4.56. The van der Waals surface area contributed by atoms with Crippen molar-refractivity contribution in [2.45, 2.75) is 38.6 Å². The van der Waals surface area contributed by atoms with Crippen molar-refractivity contribution in [3.63, 3.8) is 0 Å². The van der Waals surface area contributed by atoms with E-state index in [9.17, 15) is 10.1 Å². The van der Waals surface area contributed by atoms with E-state index in [0.717, 1.165) is 35.3 Å². The Morgan fingerprint density at radius 3 is 2.73 bits per heavy atom. The number of hydrogen-bond donors (Lipinski definition) is 2. The molecule has 1 saturated heterocycles. The smallest absolute Gasteiger partial charge is 0.234 e. The van der Waals surface area contributed by atoms with Crippen molar-refractivity contribution in [1.29, 1.82) is 10.7 Å². The van der Waals surface area contributed by atoms with Gasteiger partial charge in [-0.3, -0.25) is 15.1 Å². The standard InChI is InChI=1S/C27H28N4OS/c1-18-7-4-8-19(13-18)9-6-12-23-25(32)31(3)26(29)30-27(23,2)24-15-22(17-33-24)21-11-5-10-20(14-21)16-28/h4-5,7-8,10-11,13-15,17,23H,6,9,12H2,1-3H3,(H2,29,30). The van der Waals surface area contributed by atoms with E-state index in [0.29, 0.717) is 5.56 Å². The van der Waals surface area contributed by atoms with Crippen LogP contribution in [-0.4, -0.2) is 23.8 Å². The number of benzene rings is 2. The van der Waals surface area contributed by atoms with Crippen molar-refractivity contribution in [3.05, 3.63) is 81.5 Å². The van der Waals surface area contributed by atoms with Gasteiger partial charge in [-0.15, -0.1) is 11.3 Å². The van der Waals surface area contributed by atoms with Gasteiger partial charge in [-0.25, -0.2) is 0 Å². The fourth-order valence-corrected chi connectivity index (χ4v) is 5.65. The largest absolute Gasteiger partial charge is 0.345 e. The molecule has 2 unspecified atom stereocenters. The molecule has 168 valence electrons. The van der Waals surface area contributed by atoms with Gasteiger partial charge in [0.25, 0.3) is 0 Å². The second-order valence-electron chi connectivity index (χ2n) is 8.90. The first-order valence-electron chi connectivity index (χ1n) is 11.1. The molecular formula is C27H28N4OS. The minimum Gasteiger partial charge on any atom is -0.345 e. The number of amides is 1. The lowest BCUT2D eigenvalue weighted by Crippen LogP contribution is -2.63. The number of rotatable bonds is 6. The van der Waals surface area contributed by atoms with Gasteiger partial charge in [-0.05, 0) is 73.4 Å². The second kappa shape index (κ2) is 9.21. The summed E-state index contributed by atoms with van der Waals surface area (Å²) in [5.41, 5.74) is 4.48. The maximum Gasteiger partial charge on any atom is 0.234 e. The van der Waals surface area contributed by atoms with Crippen molar-refractivity contribution in [2.75, 3.05) is 7.05 Å². The van der Waals surface area contributed by atoms with Crippen LogP contribution in [0.25, 0.3) is 11.1 Å². The number of nitrogens with zero attached hydrogens (tertiary/aromatic N) is 2. The molecule has 1 fully saturated rings. The Bertz CT molecular complexity index is 1240. The zero-order chi connectivity index (χ0) is 23.6. The molecule has 3 aromatic rings. The molecule has 2 N–H and O–H groups in total. The van der Waals surface area contributed by atoms with E-state index < -0.39 is 5.54 Å². The summed E-state index contributed by atoms with van der Waals surface area (Å²) in [6.07, 6.45) is 2.53. The zero-order valence-corrected chi connectivity index (χ0v) is 20.0. The van der Waals surface area contributed by atoms with Crippen molar-refractivity contribution in [2.24, 2.45) is 5.92 Å². The summed E-state index contributed by atoms with van der Waals surface area (Å²) < 4.78 is 0. The number of carbonyl (C=O) groups excluding carboxylic acids is 1. The van der Waals surface area contributed by atoms with Crippen LogP contribution in [0.15, 0.2) is 60.0 Å². The van der Waals surface area contributed by atoms with E-state index in [-0.39, 0.29) is 17.8 Å². The van der Waals surface area contributed by atoms with E-state index in [1.807, 2.05) is 25.1 Å². The average Bonchev–Trinajstić information content (AvgIpc) is 3.31. The third kappa shape index (κ3) is 4.55. The SMILES string of the molecule is Cc1cccc(CCCC2C(=O)N(C)C(=N)NC2(C)c2cc(-c3cccc(C#N)c3)cs2)c1. The number of nitrogens with one attached hydrogen (secondary N) is 2. The summed E-state index contributed by atoms with van der Waals surface area (Å²) in [5, 5.41) is 23.0. The number of thiophene rings is 1. The molecule has 1 aliphatic rings. The maximum absolute atomic E-state index is 13.3. The summed E-state index contributed by atoms with van der Waals surface area (Å²) in [5.74, 6) is -0.177. The number of nitriles is 1. The minimum absolute atomic E-state index is 0.0214. The molecule has 1 amide bonds. The highest BCUT2D eigenvalue weighted by atomic mass is 32.1. The van der Waals surface area contributed by atoms with Crippen LogP contribution >= 0.6 is 11.3 Å². The highest BCUT2D eigenvalue weighted by molar-refractivity contribution is 7.10. The summed E-state index contributed by atoms with van der Waals surface area (Å²) >= 11 is 1.59. The normalized spacial score (nSPS) is 20.4. The Morgan fingerprint density at radius 2 is 1.97 bits per heavy atom. The van der Waals surface area contributed by atoms with Crippen molar-refractivity contribution in [1.82, 2.24) is 10.2 Å². The Kier molecular flexibility index (Phi) is 6.35. The average molecular weight is 457 g/mol. The van der Waals surface area contributed by atoms with Crippen molar-refractivity contribution in [3.8, 4) is 17.2 Å². The first-order chi connectivity index (χ1) is 15.8. The van der Waals surface area contributed by atoms with Crippen LogP contribution in [0.2, 0.25) is 0 Å². The quantitative estimate of drug-likeness (QED) is 0.518. The van der Waals surface area contributed by atoms with Gasteiger partial charge >= 0.3 is 0 Å². The van der Waals surface area contributed by atoms with E-state index in [1.54, 1.807) is 24.5 Å². The summed E-state index contributed by atoms with van der Waals surface area (Å²) in [6, 6.07) is 20.3. The van der Waals surface area contributed by atoms with Crippen LogP contribution in [0.5, 0.6) is 0 Å². The third-order valence-corrected chi connectivity index (χ3v) is 7.68. The van der Waals surface area contributed by atoms with Gasteiger partial charge in [0.05, 0.1) is 23.1 Å². The Balaban J connectivity index is 1.60. The number of guanidine groups is 1. The third-order valence-electron chi connectivity index (χ3n) is 6.52. The monoisotopic (exact) mass is 456 g/mol. The lowest BCUT2D eigenvalue weighted by Gasteiger charge is -2.45. The van der Waals surface area contributed by atoms with Crippen LogP contribution in [0.3, 0.4) is 0 Å². The predicted octanol–water partition coefficient (Wildman–Crippen LogP) is 5.45. The second-order valence-corrected chi connectivity index (χ2v) is 9.81. The predicted molar refractivity (Wildman–Crippen MR) is 133 cm³/mol. The molecule has 1 aromatic heterocycles. The summed E-state index contributed by atoms with van der Waals surface area (Å²) in [4.78, 5) is 15.7. The molecule has 2 aromatic carbocycles. The van der Waals surface area contributed by atoms with Gasteiger partial charge in [0, 0.05) is 11.9 Å². The zero-order valence-electron chi connectivity index (χ0n) is 19.2. The van der Waals surface area contributed by atoms with Crippen molar-refractivity contribution >= 4 is 23.2 Å². The molecule has 0 saturated carbocycles.